The molecule has 0 saturated carbocycles. The third-order valence-electron chi connectivity index (χ3n) is 2.33. The number of rotatable bonds is 3. The molecule has 94 valence electrons. The van der Waals surface area contributed by atoms with Gasteiger partial charge in [-0.25, -0.2) is 8.42 Å². The first-order chi connectivity index (χ1) is 7.73. The third kappa shape index (κ3) is 3.44. The van der Waals surface area contributed by atoms with Gasteiger partial charge in [-0.05, 0) is 24.3 Å². The minimum atomic E-state index is -3.71. The van der Waals surface area contributed by atoms with Crippen LogP contribution >= 0.6 is 10.7 Å². The summed E-state index contributed by atoms with van der Waals surface area (Å²) in [5.74, 6) is -0.150. The van der Waals surface area contributed by atoms with Gasteiger partial charge in [-0.2, -0.15) is 0 Å². The fourth-order valence-electron chi connectivity index (χ4n) is 1.35. The molecule has 0 saturated heterocycles. The number of amides is 1. The van der Waals surface area contributed by atoms with Crippen molar-refractivity contribution in [3.63, 3.8) is 0 Å². The molecule has 1 amide bonds. The number of halogens is 1. The minimum absolute atomic E-state index is 0.0216. The molecule has 0 spiro atoms. The number of benzene rings is 1. The Bertz CT molecular complexity index is 508. The molecule has 0 heterocycles. The Labute approximate surface area is 106 Å². The van der Waals surface area contributed by atoms with Gasteiger partial charge < -0.3 is 4.90 Å². The molecule has 1 aromatic rings. The zero-order chi connectivity index (χ0) is 13.2. The average molecular weight is 276 g/mol. The van der Waals surface area contributed by atoms with Gasteiger partial charge in [0.25, 0.3) is 9.05 Å². The molecular formula is C11H14ClNO3S. The van der Waals surface area contributed by atoms with Crippen LogP contribution in [0.5, 0.6) is 0 Å². The van der Waals surface area contributed by atoms with E-state index in [-0.39, 0.29) is 16.7 Å². The van der Waals surface area contributed by atoms with Crippen molar-refractivity contribution in [1.82, 2.24) is 0 Å². The highest BCUT2D eigenvalue weighted by molar-refractivity contribution is 8.13. The van der Waals surface area contributed by atoms with Gasteiger partial charge in [-0.1, -0.05) is 13.8 Å². The monoisotopic (exact) mass is 275 g/mol. The van der Waals surface area contributed by atoms with Crippen LogP contribution in [0, 0.1) is 5.92 Å². The van der Waals surface area contributed by atoms with Crippen molar-refractivity contribution in [3.8, 4) is 0 Å². The summed E-state index contributed by atoms with van der Waals surface area (Å²) in [6, 6.07) is 5.86. The highest BCUT2D eigenvalue weighted by atomic mass is 35.7. The van der Waals surface area contributed by atoms with E-state index in [9.17, 15) is 13.2 Å². The van der Waals surface area contributed by atoms with Crippen molar-refractivity contribution in [3.05, 3.63) is 24.3 Å². The molecule has 0 aliphatic carbocycles. The number of anilines is 1. The summed E-state index contributed by atoms with van der Waals surface area (Å²) in [5.41, 5.74) is 0.632. The highest BCUT2D eigenvalue weighted by Gasteiger charge is 2.15. The molecule has 1 aromatic carbocycles. The maximum absolute atomic E-state index is 11.7. The molecule has 17 heavy (non-hydrogen) atoms. The lowest BCUT2D eigenvalue weighted by atomic mass is 10.2. The highest BCUT2D eigenvalue weighted by Crippen LogP contribution is 2.20. The van der Waals surface area contributed by atoms with Crippen molar-refractivity contribution >= 4 is 31.3 Å². The van der Waals surface area contributed by atoms with E-state index in [2.05, 4.69) is 0 Å². The molecular weight excluding hydrogens is 262 g/mol. The Balaban J connectivity index is 3.00. The summed E-state index contributed by atoms with van der Waals surface area (Å²) in [6.07, 6.45) is 0. The molecule has 0 fully saturated rings. The predicted molar refractivity (Wildman–Crippen MR) is 67.7 cm³/mol. The van der Waals surface area contributed by atoms with Crippen LogP contribution in [-0.2, 0) is 13.8 Å². The molecule has 0 aliphatic heterocycles. The average Bonchev–Trinajstić information content (AvgIpc) is 2.26. The van der Waals surface area contributed by atoms with Gasteiger partial charge in [-0.3, -0.25) is 4.79 Å². The van der Waals surface area contributed by atoms with Crippen LogP contribution < -0.4 is 4.90 Å². The van der Waals surface area contributed by atoms with Gasteiger partial charge >= 0.3 is 0 Å². The van der Waals surface area contributed by atoms with E-state index in [1.165, 1.54) is 17.0 Å². The molecule has 0 radical (unpaired) electrons. The van der Waals surface area contributed by atoms with E-state index in [0.717, 1.165) is 0 Å². The van der Waals surface area contributed by atoms with Gasteiger partial charge in [0, 0.05) is 29.3 Å². The Morgan fingerprint density at radius 1 is 1.24 bits per heavy atom. The maximum Gasteiger partial charge on any atom is 0.261 e. The van der Waals surface area contributed by atoms with Crippen LogP contribution in [0.15, 0.2) is 29.2 Å². The van der Waals surface area contributed by atoms with Gasteiger partial charge in [0.2, 0.25) is 5.91 Å². The van der Waals surface area contributed by atoms with E-state index >= 15 is 0 Å². The molecule has 1 rings (SSSR count). The Kier molecular flexibility index (Phi) is 4.16. The molecule has 0 atom stereocenters. The van der Waals surface area contributed by atoms with Gasteiger partial charge in [0.15, 0.2) is 0 Å². The Morgan fingerprint density at radius 2 is 1.71 bits per heavy atom. The largest absolute Gasteiger partial charge is 0.315 e. The molecule has 0 N–H and O–H groups in total. The summed E-state index contributed by atoms with van der Waals surface area (Å²) >= 11 is 0. The van der Waals surface area contributed by atoms with E-state index in [1.807, 2.05) is 0 Å². The first kappa shape index (κ1) is 14.0. The van der Waals surface area contributed by atoms with Crippen molar-refractivity contribution in [2.45, 2.75) is 18.7 Å². The van der Waals surface area contributed by atoms with Crippen molar-refractivity contribution in [1.29, 1.82) is 0 Å². The predicted octanol–water partition coefficient (Wildman–Crippen LogP) is 2.23. The van der Waals surface area contributed by atoms with Gasteiger partial charge in [0.1, 0.15) is 0 Å². The Hall–Kier alpha value is -1.07. The van der Waals surface area contributed by atoms with Crippen LogP contribution in [0.3, 0.4) is 0 Å². The van der Waals surface area contributed by atoms with Crippen molar-refractivity contribution < 1.29 is 13.2 Å². The SMILES string of the molecule is CC(C)C(=O)N(C)c1ccc(S(=O)(=O)Cl)cc1. The van der Waals surface area contributed by atoms with Crippen LogP contribution in [0.4, 0.5) is 5.69 Å². The van der Waals surface area contributed by atoms with Crippen LogP contribution in [-0.4, -0.2) is 21.4 Å². The standard InChI is InChI=1S/C11H14ClNO3S/c1-8(2)11(14)13(3)9-4-6-10(7-5-9)17(12,15)16/h4-8H,1-3H3. The number of carbonyl (C=O) groups excluding carboxylic acids is 1. The molecule has 0 bridgehead atoms. The fourth-order valence-corrected chi connectivity index (χ4v) is 2.12. The molecule has 0 aromatic heterocycles. The second-order valence-electron chi connectivity index (χ2n) is 3.98. The second-order valence-corrected chi connectivity index (χ2v) is 6.55. The van der Waals surface area contributed by atoms with Crippen molar-refractivity contribution in [2.75, 3.05) is 11.9 Å². The number of nitrogens with zero attached hydrogens (tertiary/aromatic N) is 1. The van der Waals surface area contributed by atoms with Gasteiger partial charge in [-0.15, -0.1) is 0 Å². The van der Waals surface area contributed by atoms with E-state index < -0.39 is 9.05 Å². The first-order valence-corrected chi connectivity index (χ1v) is 7.36. The summed E-state index contributed by atoms with van der Waals surface area (Å²) in [6.45, 7) is 3.60. The molecule has 0 unspecified atom stereocenters. The minimum Gasteiger partial charge on any atom is -0.315 e. The van der Waals surface area contributed by atoms with E-state index in [0.29, 0.717) is 5.69 Å². The topological polar surface area (TPSA) is 54.5 Å². The summed E-state index contributed by atoms with van der Waals surface area (Å²) in [5, 5.41) is 0. The maximum atomic E-state index is 11.7. The lowest BCUT2D eigenvalue weighted by Gasteiger charge is -2.19. The normalized spacial score (nSPS) is 11.6. The molecule has 6 heteroatoms. The zero-order valence-corrected chi connectivity index (χ0v) is 11.4. The first-order valence-electron chi connectivity index (χ1n) is 5.06. The number of hydrogen-bond donors (Lipinski definition) is 0. The Morgan fingerprint density at radius 3 is 2.06 bits per heavy atom. The quantitative estimate of drug-likeness (QED) is 0.795. The van der Waals surface area contributed by atoms with Crippen LogP contribution in [0.2, 0.25) is 0 Å². The molecule has 4 nitrogen and oxygen atoms in total. The lowest BCUT2D eigenvalue weighted by molar-refractivity contribution is -0.121. The summed E-state index contributed by atoms with van der Waals surface area (Å²) < 4.78 is 22.1. The third-order valence-corrected chi connectivity index (χ3v) is 3.70. The zero-order valence-electron chi connectivity index (χ0n) is 9.84. The van der Waals surface area contributed by atoms with Crippen LogP contribution in [0.25, 0.3) is 0 Å². The fraction of sp³-hybridized carbons (Fsp3) is 0.364. The van der Waals surface area contributed by atoms with E-state index in [4.69, 9.17) is 10.7 Å². The lowest BCUT2D eigenvalue weighted by Crippen LogP contribution is -2.30. The van der Waals surface area contributed by atoms with E-state index in [1.54, 1.807) is 33.0 Å². The number of carbonyl (C=O) groups is 1. The molecule has 0 aliphatic rings. The number of hydrogen-bond acceptors (Lipinski definition) is 3. The van der Waals surface area contributed by atoms with Crippen LogP contribution in [0.1, 0.15) is 13.8 Å². The van der Waals surface area contributed by atoms with Gasteiger partial charge in [0.05, 0.1) is 4.90 Å². The smallest absolute Gasteiger partial charge is 0.261 e. The second kappa shape index (κ2) is 5.06. The summed E-state index contributed by atoms with van der Waals surface area (Å²) in [4.78, 5) is 13.2. The summed E-state index contributed by atoms with van der Waals surface area (Å²) in [7, 11) is 3.13. The van der Waals surface area contributed by atoms with Crippen molar-refractivity contribution in [2.24, 2.45) is 5.92 Å².